The Hall–Kier alpha value is -0.500. The third-order valence-corrected chi connectivity index (χ3v) is 7.91. The minimum atomic E-state index is 0.163. The molecule has 1 aromatic carbocycles. The van der Waals surface area contributed by atoms with Crippen molar-refractivity contribution >= 4 is 15.9 Å². The van der Waals surface area contributed by atoms with Gasteiger partial charge in [0, 0.05) is 15.8 Å². The number of rotatable bonds is 2. The first-order chi connectivity index (χ1) is 10.1. The van der Waals surface area contributed by atoms with Gasteiger partial charge in [-0.1, -0.05) is 41.9 Å². The average molecular weight is 347 g/mol. The molecular weight excluding hydrogens is 324 g/mol. The zero-order valence-corrected chi connectivity index (χ0v) is 14.4. The highest BCUT2D eigenvalue weighted by Crippen LogP contribution is 2.73. The van der Waals surface area contributed by atoms with Crippen molar-refractivity contribution in [1.29, 1.82) is 0 Å². The minimum absolute atomic E-state index is 0.163. The molecule has 4 aliphatic rings. The van der Waals surface area contributed by atoms with Gasteiger partial charge in [-0.2, -0.15) is 0 Å². The number of hydrogen-bond acceptors (Lipinski definition) is 1. The van der Waals surface area contributed by atoms with E-state index in [-0.39, 0.29) is 5.41 Å². The van der Waals surface area contributed by atoms with Crippen molar-refractivity contribution in [1.82, 2.24) is 0 Å². The van der Waals surface area contributed by atoms with Crippen molar-refractivity contribution < 1.29 is 4.74 Å². The van der Waals surface area contributed by atoms with Gasteiger partial charge in [-0.15, -0.1) is 0 Å². The zero-order valence-electron chi connectivity index (χ0n) is 12.8. The van der Waals surface area contributed by atoms with Crippen molar-refractivity contribution in [3.05, 3.63) is 29.3 Å². The van der Waals surface area contributed by atoms with E-state index in [9.17, 15) is 0 Å². The average Bonchev–Trinajstić information content (AvgIpc) is 2.77. The largest absolute Gasteiger partial charge is 0.492 e. The van der Waals surface area contributed by atoms with Crippen molar-refractivity contribution in [3.63, 3.8) is 0 Å². The molecule has 1 nitrogen and oxygen atoms in total. The summed E-state index contributed by atoms with van der Waals surface area (Å²) in [7, 11) is 0. The van der Waals surface area contributed by atoms with Crippen LogP contribution in [0.2, 0.25) is 0 Å². The Morgan fingerprint density at radius 2 is 1.90 bits per heavy atom. The van der Waals surface area contributed by atoms with E-state index in [1.165, 1.54) is 30.4 Å². The first kappa shape index (κ1) is 13.0. The minimum Gasteiger partial charge on any atom is -0.492 e. The van der Waals surface area contributed by atoms with E-state index in [0.717, 1.165) is 41.9 Å². The summed E-state index contributed by atoms with van der Waals surface area (Å²) in [6.07, 6.45) is 4.55. The summed E-state index contributed by atoms with van der Waals surface area (Å²) >= 11 is 4.06. The second-order valence-corrected chi connectivity index (χ2v) is 9.38. The molecule has 0 aromatic heterocycles. The number of ether oxygens (including phenoxy) is 1. The van der Waals surface area contributed by atoms with Gasteiger partial charge >= 0.3 is 0 Å². The predicted molar refractivity (Wildman–Crippen MR) is 87.9 cm³/mol. The van der Waals surface area contributed by atoms with Crippen molar-refractivity contribution in [2.45, 2.75) is 43.4 Å². The van der Waals surface area contributed by atoms with Crippen LogP contribution in [-0.2, 0) is 5.41 Å². The maximum Gasteiger partial charge on any atom is 0.123 e. The van der Waals surface area contributed by atoms with Gasteiger partial charge in [0.25, 0.3) is 0 Å². The molecule has 1 heterocycles. The quantitative estimate of drug-likeness (QED) is 0.678. The lowest BCUT2D eigenvalue weighted by Gasteiger charge is -2.19. The van der Waals surface area contributed by atoms with Crippen LogP contribution >= 0.6 is 15.9 Å². The molecule has 0 N–H and O–H groups in total. The second kappa shape index (κ2) is 4.07. The molecule has 5 unspecified atom stereocenters. The highest BCUT2D eigenvalue weighted by molar-refractivity contribution is 9.09. The van der Waals surface area contributed by atoms with Gasteiger partial charge in [0.15, 0.2) is 0 Å². The van der Waals surface area contributed by atoms with Crippen molar-refractivity contribution in [3.8, 4) is 5.75 Å². The molecule has 2 heteroatoms. The third-order valence-electron chi connectivity index (χ3n) is 6.77. The van der Waals surface area contributed by atoms with E-state index in [4.69, 9.17) is 4.74 Å². The van der Waals surface area contributed by atoms with Crippen LogP contribution in [0.15, 0.2) is 18.2 Å². The molecule has 0 radical (unpaired) electrons. The molecule has 3 fully saturated rings. The Balaban J connectivity index is 1.44. The van der Waals surface area contributed by atoms with Crippen molar-refractivity contribution in [2.24, 2.45) is 29.6 Å². The van der Waals surface area contributed by atoms with Gasteiger partial charge in [0.05, 0.1) is 6.61 Å². The summed E-state index contributed by atoms with van der Waals surface area (Å²) < 4.78 is 5.83. The summed E-state index contributed by atoms with van der Waals surface area (Å²) in [5.74, 6) is 6.18. The van der Waals surface area contributed by atoms with Gasteiger partial charge in [0.1, 0.15) is 5.75 Å². The topological polar surface area (TPSA) is 9.23 Å². The van der Waals surface area contributed by atoms with Crippen LogP contribution in [-0.4, -0.2) is 6.61 Å². The van der Waals surface area contributed by atoms with E-state index in [0.29, 0.717) is 4.83 Å². The molecule has 21 heavy (non-hydrogen) atoms. The van der Waals surface area contributed by atoms with Gasteiger partial charge < -0.3 is 4.74 Å². The Kier molecular flexibility index (Phi) is 2.52. The van der Waals surface area contributed by atoms with Crippen LogP contribution in [0.5, 0.6) is 5.75 Å². The normalized spacial score (nSPS) is 42.3. The summed E-state index contributed by atoms with van der Waals surface area (Å²) in [6.45, 7) is 5.40. The summed E-state index contributed by atoms with van der Waals surface area (Å²) in [6, 6.07) is 6.90. The van der Waals surface area contributed by atoms with E-state index in [1.54, 1.807) is 0 Å². The van der Waals surface area contributed by atoms with Crippen LogP contribution in [0.25, 0.3) is 0 Å². The number of halogens is 1. The molecular formula is C19H23BrO. The number of hydrogen-bond donors (Lipinski definition) is 0. The third kappa shape index (κ3) is 1.69. The summed E-state index contributed by atoms with van der Waals surface area (Å²) in [4.78, 5) is 0.553. The lowest BCUT2D eigenvalue weighted by Crippen LogP contribution is -2.18. The Morgan fingerprint density at radius 3 is 2.62 bits per heavy atom. The molecule has 5 atom stereocenters. The molecule has 5 rings (SSSR count). The number of alkyl halides is 1. The van der Waals surface area contributed by atoms with Crippen LogP contribution < -0.4 is 4.74 Å². The second-order valence-electron chi connectivity index (χ2n) is 8.40. The Morgan fingerprint density at radius 1 is 1.19 bits per heavy atom. The predicted octanol–water partition coefficient (Wildman–Crippen LogP) is 5.08. The number of fused-ring (bicyclic) bond motifs is 6. The van der Waals surface area contributed by atoms with Crippen LogP contribution in [0.1, 0.15) is 49.1 Å². The fourth-order valence-electron chi connectivity index (χ4n) is 5.72. The first-order valence-electron chi connectivity index (χ1n) is 8.47. The van der Waals surface area contributed by atoms with Crippen molar-refractivity contribution in [2.75, 3.05) is 6.61 Å². The molecule has 0 amide bonds. The maximum atomic E-state index is 5.83. The maximum absolute atomic E-state index is 5.83. The van der Waals surface area contributed by atoms with Crippen LogP contribution in [0.4, 0.5) is 0 Å². The smallest absolute Gasteiger partial charge is 0.123 e. The van der Waals surface area contributed by atoms with E-state index in [1.807, 2.05) is 0 Å². The van der Waals surface area contributed by atoms with E-state index >= 15 is 0 Å². The lowest BCUT2D eigenvalue weighted by atomic mass is 9.85. The standard InChI is InChI=1S/C19H23BrO/c1-19(2)9-21-14-6-5-12(8-13(14)19)18(20)17-15-10-3-4-11(7-10)16(15)17/h5-6,8,10-11,15-18H,3-4,7,9H2,1-2H3. The molecule has 0 spiro atoms. The van der Waals surface area contributed by atoms with Gasteiger partial charge in [0.2, 0.25) is 0 Å². The molecule has 2 bridgehead atoms. The zero-order chi connectivity index (χ0) is 14.4. The molecule has 1 aliphatic heterocycles. The Bertz CT molecular complexity index is 592. The van der Waals surface area contributed by atoms with E-state index < -0.39 is 0 Å². The molecule has 3 aliphatic carbocycles. The van der Waals surface area contributed by atoms with Gasteiger partial charge in [-0.25, -0.2) is 0 Å². The SMILES string of the molecule is CC1(C)COc2ccc(C(Br)C3C4C5CCC(C5)C43)cc21. The summed E-state index contributed by atoms with van der Waals surface area (Å²) in [5, 5.41) is 0. The van der Waals surface area contributed by atoms with Gasteiger partial charge in [-0.3, -0.25) is 0 Å². The summed E-state index contributed by atoms with van der Waals surface area (Å²) in [5.41, 5.74) is 3.04. The molecule has 3 saturated carbocycles. The fourth-order valence-corrected chi connectivity index (χ4v) is 6.71. The van der Waals surface area contributed by atoms with E-state index in [2.05, 4.69) is 48.0 Å². The van der Waals surface area contributed by atoms with Crippen LogP contribution in [0, 0.1) is 29.6 Å². The number of benzene rings is 1. The van der Waals surface area contributed by atoms with Gasteiger partial charge in [-0.05, 0) is 60.5 Å². The molecule has 112 valence electrons. The highest BCUT2D eigenvalue weighted by Gasteiger charge is 2.66. The Labute approximate surface area is 135 Å². The first-order valence-corrected chi connectivity index (χ1v) is 9.39. The lowest BCUT2D eigenvalue weighted by molar-refractivity contribution is 0.291. The monoisotopic (exact) mass is 346 g/mol. The highest BCUT2D eigenvalue weighted by atomic mass is 79.9. The fraction of sp³-hybridized carbons (Fsp3) is 0.684. The molecule has 1 aromatic rings. The molecule has 0 saturated heterocycles. The van der Waals surface area contributed by atoms with Crippen LogP contribution in [0.3, 0.4) is 0 Å².